The molecule has 0 aliphatic carbocycles. The number of carbonyl (C=O) groups is 1. The van der Waals surface area contributed by atoms with Crippen molar-refractivity contribution in [3.05, 3.63) is 116 Å². The maximum absolute atomic E-state index is 12.2. The maximum Gasteiger partial charge on any atom is 0.271 e. The van der Waals surface area contributed by atoms with Crippen LogP contribution in [0.4, 0.5) is 5.69 Å². The Balaban J connectivity index is 1.39. The van der Waals surface area contributed by atoms with Gasteiger partial charge in [-0.1, -0.05) is 48.5 Å². The first-order valence-electron chi connectivity index (χ1n) is 9.98. The van der Waals surface area contributed by atoms with Crippen molar-refractivity contribution in [1.82, 2.24) is 5.43 Å². The number of carbonyl (C=O) groups excluding carboxylic acids is 1. The van der Waals surface area contributed by atoms with Gasteiger partial charge in [-0.3, -0.25) is 14.9 Å². The molecule has 0 bridgehead atoms. The summed E-state index contributed by atoms with van der Waals surface area (Å²) in [6, 6.07) is 25.2. The lowest BCUT2D eigenvalue weighted by Crippen LogP contribution is -2.17. The number of fused-ring (bicyclic) bond motifs is 1. The summed E-state index contributed by atoms with van der Waals surface area (Å²) in [6.45, 7) is 0.423. The van der Waals surface area contributed by atoms with Crippen LogP contribution in [-0.4, -0.2) is 17.0 Å². The summed E-state index contributed by atoms with van der Waals surface area (Å²) in [4.78, 5) is 22.5. The van der Waals surface area contributed by atoms with Crippen LogP contribution >= 0.6 is 15.9 Å². The van der Waals surface area contributed by atoms with E-state index in [9.17, 15) is 14.9 Å². The van der Waals surface area contributed by atoms with Gasteiger partial charge < -0.3 is 4.74 Å². The highest BCUT2D eigenvalue weighted by molar-refractivity contribution is 9.10. The molecule has 0 unspecified atom stereocenters. The van der Waals surface area contributed by atoms with Gasteiger partial charge in [0.2, 0.25) is 0 Å². The third kappa shape index (κ3) is 5.42. The van der Waals surface area contributed by atoms with E-state index in [1.54, 1.807) is 0 Å². The van der Waals surface area contributed by atoms with Crippen LogP contribution in [-0.2, 0) is 6.61 Å². The fraction of sp³-hybridized carbons (Fsp3) is 0.0400. The average molecular weight is 504 g/mol. The van der Waals surface area contributed by atoms with Crippen molar-refractivity contribution in [3.63, 3.8) is 0 Å². The van der Waals surface area contributed by atoms with Gasteiger partial charge >= 0.3 is 0 Å². The molecule has 164 valence electrons. The van der Waals surface area contributed by atoms with Gasteiger partial charge in [-0.15, -0.1) is 0 Å². The van der Waals surface area contributed by atoms with Crippen molar-refractivity contribution in [2.75, 3.05) is 0 Å². The zero-order chi connectivity index (χ0) is 23.2. The van der Waals surface area contributed by atoms with E-state index in [-0.39, 0.29) is 11.3 Å². The van der Waals surface area contributed by atoms with Crippen molar-refractivity contribution in [3.8, 4) is 5.75 Å². The average Bonchev–Trinajstić information content (AvgIpc) is 2.83. The van der Waals surface area contributed by atoms with E-state index in [2.05, 4.69) is 44.7 Å². The molecule has 0 aromatic heterocycles. The highest BCUT2D eigenvalue weighted by Crippen LogP contribution is 2.27. The minimum absolute atomic E-state index is 0.153. The molecule has 7 nitrogen and oxygen atoms in total. The van der Waals surface area contributed by atoms with E-state index in [4.69, 9.17) is 4.74 Å². The molecule has 0 spiro atoms. The number of benzene rings is 4. The molecule has 1 amide bonds. The predicted octanol–water partition coefficient (Wildman–Crippen LogP) is 5.85. The summed E-state index contributed by atoms with van der Waals surface area (Å²) in [5, 5.41) is 17.1. The van der Waals surface area contributed by atoms with Gasteiger partial charge in [0.15, 0.2) is 0 Å². The predicted molar refractivity (Wildman–Crippen MR) is 131 cm³/mol. The second-order valence-electron chi connectivity index (χ2n) is 7.12. The Kier molecular flexibility index (Phi) is 6.75. The van der Waals surface area contributed by atoms with Crippen LogP contribution in [0, 0.1) is 10.1 Å². The third-order valence-corrected chi connectivity index (χ3v) is 5.54. The Morgan fingerprint density at radius 1 is 1.03 bits per heavy atom. The van der Waals surface area contributed by atoms with Crippen LogP contribution in [0.5, 0.6) is 5.75 Å². The number of nitro groups is 1. The quantitative estimate of drug-likeness (QED) is 0.194. The number of nitro benzene ring substituents is 1. The van der Waals surface area contributed by atoms with Crippen LogP contribution in [0.3, 0.4) is 0 Å². The number of hydrogen-bond donors (Lipinski definition) is 1. The van der Waals surface area contributed by atoms with Gasteiger partial charge in [-0.2, -0.15) is 5.10 Å². The Labute approximate surface area is 198 Å². The number of rotatable bonds is 7. The fourth-order valence-corrected chi connectivity index (χ4v) is 3.79. The number of nitrogens with zero attached hydrogens (tertiary/aromatic N) is 2. The molecule has 0 saturated heterocycles. The molecule has 0 aliphatic heterocycles. The van der Waals surface area contributed by atoms with Gasteiger partial charge in [0.05, 0.1) is 15.6 Å². The Hall–Kier alpha value is -4.04. The molecule has 8 heteroatoms. The number of ether oxygens (including phenoxy) is 1. The molecular formula is C25H18BrN3O4. The first-order chi connectivity index (χ1) is 16.0. The third-order valence-electron chi connectivity index (χ3n) is 4.92. The molecule has 0 atom stereocenters. The SMILES string of the molecule is O=C(N/N=C\c1ccc(OCc2cccc3ccccc23)c(Br)c1)c1cccc([N+](=O)[O-])c1. The van der Waals surface area contributed by atoms with E-state index in [0.717, 1.165) is 26.4 Å². The number of nitrogens with one attached hydrogen (secondary N) is 1. The lowest BCUT2D eigenvalue weighted by atomic mass is 10.1. The topological polar surface area (TPSA) is 93.8 Å². The summed E-state index contributed by atoms with van der Waals surface area (Å²) in [5.41, 5.74) is 4.19. The normalized spacial score (nSPS) is 10.9. The second-order valence-corrected chi connectivity index (χ2v) is 7.98. The zero-order valence-electron chi connectivity index (χ0n) is 17.3. The molecule has 0 radical (unpaired) electrons. The van der Waals surface area contributed by atoms with Crippen molar-refractivity contribution >= 4 is 44.5 Å². The lowest BCUT2D eigenvalue weighted by Gasteiger charge is -2.11. The van der Waals surface area contributed by atoms with Crippen molar-refractivity contribution < 1.29 is 14.5 Å². The van der Waals surface area contributed by atoms with Crippen LogP contribution in [0.2, 0.25) is 0 Å². The van der Waals surface area contributed by atoms with Crippen LogP contribution in [0.25, 0.3) is 10.8 Å². The monoisotopic (exact) mass is 503 g/mol. The van der Waals surface area contributed by atoms with Gasteiger partial charge in [0.25, 0.3) is 11.6 Å². The van der Waals surface area contributed by atoms with E-state index >= 15 is 0 Å². The number of hydrogen-bond acceptors (Lipinski definition) is 5. The first-order valence-corrected chi connectivity index (χ1v) is 10.8. The van der Waals surface area contributed by atoms with Crippen LogP contribution in [0.15, 0.2) is 94.5 Å². The summed E-state index contributed by atoms with van der Waals surface area (Å²) < 4.78 is 6.75. The fourth-order valence-electron chi connectivity index (χ4n) is 3.28. The number of amides is 1. The lowest BCUT2D eigenvalue weighted by molar-refractivity contribution is -0.384. The summed E-state index contributed by atoms with van der Waals surface area (Å²) in [5.74, 6) is 0.143. The van der Waals surface area contributed by atoms with Crippen molar-refractivity contribution in [2.24, 2.45) is 5.10 Å². The maximum atomic E-state index is 12.2. The Morgan fingerprint density at radius 3 is 2.64 bits per heavy atom. The molecule has 4 rings (SSSR count). The first kappa shape index (κ1) is 22.2. The number of non-ortho nitro benzene ring substituents is 1. The molecule has 0 fully saturated rings. The van der Waals surface area contributed by atoms with E-state index in [1.165, 1.54) is 30.5 Å². The smallest absolute Gasteiger partial charge is 0.271 e. The summed E-state index contributed by atoms with van der Waals surface area (Å²) >= 11 is 3.51. The molecule has 0 aliphatic rings. The van der Waals surface area contributed by atoms with Gasteiger partial charge in [-0.05, 0) is 62.1 Å². The van der Waals surface area contributed by atoms with Crippen LogP contribution < -0.4 is 10.2 Å². The molecule has 4 aromatic rings. The number of hydrazone groups is 1. The van der Waals surface area contributed by atoms with Crippen molar-refractivity contribution in [1.29, 1.82) is 0 Å². The molecule has 0 saturated carbocycles. The minimum Gasteiger partial charge on any atom is -0.488 e. The molecule has 33 heavy (non-hydrogen) atoms. The highest BCUT2D eigenvalue weighted by Gasteiger charge is 2.11. The van der Waals surface area contributed by atoms with Crippen molar-refractivity contribution in [2.45, 2.75) is 6.61 Å². The Morgan fingerprint density at radius 2 is 1.82 bits per heavy atom. The minimum atomic E-state index is -0.554. The van der Waals surface area contributed by atoms with E-state index < -0.39 is 10.8 Å². The van der Waals surface area contributed by atoms with Gasteiger partial charge in [0, 0.05) is 17.7 Å². The van der Waals surface area contributed by atoms with Gasteiger partial charge in [0.1, 0.15) is 12.4 Å². The summed E-state index contributed by atoms with van der Waals surface area (Å²) in [6.07, 6.45) is 1.48. The summed E-state index contributed by atoms with van der Waals surface area (Å²) in [7, 11) is 0. The van der Waals surface area contributed by atoms with Gasteiger partial charge in [-0.25, -0.2) is 5.43 Å². The molecule has 0 heterocycles. The Bertz CT molecular complexity index is 1370. The van der Waals surface area contributed by atoms with E-state index in [1.807, 2.05) is 42.5 Å². The largest absolute Gasteiger partial charge is 0.488 e. The highest BCUT2D eigenvalue weighted by atomic mass is 79.9. The number of halogens is 1. The molecular weight excluding hydrogens is 486 g/mol. The van der Waals surface area contributed by atoms with Crippen LogP contribution in [0.1, 0.15) is 21.5 Å². The molecule has 1 N–H and O–H groups in total. The van der Waals surface area contributed by atoms with E-state index in [0.29, 0.717) is 12.4 Å². The second kappa shape index (κ2) is 10.1. The standard InChI is InChI=1S/C25H18BrN3O4/c26-23-13-17(15-27-28-25(30)19-7-4-9-21(14-19)29(31)32)11-12-24(23)33-16-20-8-3-6-18-5-1-2-10-22(18)20/h1-15H,16H2,(H,28,30)/b27-15-. The zero-order valence-corrected chi connectivity index (χ0v) is 18.9. The molecule has 4 aromatic carbocycles.